The van der Waals surface area contributed by atoms with Crippen LogP contribution < -0.4 is 5.32 Å². The Morgan fingerprint density at radius 3 is 2.27 bits per heavy atom. The summed E-state index contributed by atoms with van der Waals surface area (Å²) in [5.74, 6) is 0.786. The minimum atomic E-state index is -0.567. The van der Waals surface area contributed by atoms with Gasteiger partial charge in [0.05, 0.1) is 6.10 Å². The molecule has 0 radical (unpaired) electrons. The highest BCUT2D eigenvalue weighted by atomic mass is 32.2. The van der Waals surface area contributed by atoms with E-state index in [4.69, 9.17) is 0 Å². The number of benzene rings is 2. The molecule has 0 saturated heterocycles. The first-order chi connectivity index (χ1) is 10.7. The van der Waals surface area contributed by atoms with Crippen LogP contribution in [-0.2, 0) is 0 Å². The van der Waals surface area contributed by atoms with Crippen LogP contribution in [0.3, 0.4) is 0 Å². The third-order valence-corrected chi connectivity index (χ3v) is 4.72. The van der Waals surface area contributed by atoms with Gasteiger partial charge < -0.3 is 10.4 Å². The maximum Gasteiger partial charge on any atom is 0.0879 e. The van der Waals surface area contributed by atoms with E-state index in [-0.39, 0.29) is 12.1 Å². The molecule has 22 heavy (non-hydrogen) atoms. The van der Waals surface area contributed by atoms with Gasteiger partial charge in [-0.2, -0.15) is 0 Å². The first-order valence-electron chi connectivity index (χ1n) is 7.50. The Morgan fingerprint density at radius 2 is 1.68 bits per heavy atom. The highest BCUT2D eigenvalue weighted by molar-refractivity contribution is 7.99. The summed E-state index contributed by atoms with van der Waals surface area (Å²) in [5.41, 5.74) is 1.22. The molecule has 0 bridgehead atoms. The maximum absolute atomic E-state index is 10.2. The summed E-state index contributed by atoms with van der Waals surface area (Å²) in [6, 6.07) is 20.6. The second-order valence-corrected chi connectivity index (χ2v) is 6.35. The average molecular weight is 313 g/mol. The number of rotatable bonds is 8. The minimum absolute atomic E-state index is 0.0436. The van der Waals surface area contributed by atoms with Gasteiger partial charge in [0.25, 0.3) is 0 Å². The lowest BCUT2D eigenvalue weighted by Gasteiger charge is -2.26. The molecule has 0 aliphatic rings. The highest BCUT2D eigenvalue weighted by Gasteiger charge is 2.19. The maximum atomic E-state index is 10.2. The Morgan fingerprint density at radius 1 is 1.09 bits per heavy atom. The molecule has 116 valence electrons. The molecule has 0 saturated carbocycles. The van der Waals surface area contributed by atoms with Crippen LogP contribution in [0, 0.1) is 0 Å². The number of aliphatic hydroxyl groups is 1. The molecule has 0 aliphatic heterocycles. The second-order valence-electron chi connectivity index (χ2n) is 5.26. The van der Waals surface area contributed by atoms with E-state index in [2.05, 4.69) is 43.1 Å². The molecule has 0 heterocycles. The van der Waals surface area contributed by atoms with E-state index in [1.165, 1.54) is 10.5 Å². The Hall–Kier alpha value is -1.55. The topological polar surface area (TPSA) is 32.3 Å². The van der Waals surface area contributed by atoms with Crippen molar-refractivity contribution < 1.29 is 5.11 Å². The van der Waals surface area contributed by atoms with Gasteiger partial charge in [0.15, 0.2) is 0 Å². The van der Waals surface area contributed by atoms with Crippen molar-refractivity contribution >= 4 is 11.8 Å². The summed E-state index contributed by atoms with van der Waals surface area (Å²) in [4.78, 5) is 1.21. The second kappa shape index (κ2) is 8.79. The minimum Gasteiger partial charge on any atom is -0.387 e. The summed E-state index contributed by atoms with van der Waals surface area (Å²) in [7, 11) is 0. The number of thioether (sulfide) groups is 1. The zero-order chi connectivity index (χ0) is 15.8. The summed E-state index contributed by atoms with van der Waals surface area (Å²) in [5, 5.41) is 13.7. The number of hydrogen-bond acceptors (Lipinski definition) is 3. The molecule has 0 aliphatic carbocycles. The van der Waals surface area contributed by atoms with Gasteiger partial charge in [-0.25, -0.2) is 0 Å². The van der Waals surface area contributed by atoms with Gasteiger partial charge in [0, 0.05) is 22.7 Å². The lowest BCUT2D eigenvalue weighted by atomic mass is 10.1. The summed E-state index contributed by atoms with van der Waals surface area (Å²) in [6.45, 7) is 5.83. The first kappa shape index (κ1) is 16.8. The van der Waals surface area contributed by atoms with Crippen LogP contribution in [0.1, 0.15) is 18.5 Å². The van der Waals surface area contributed by atoms with Crippen LogP contribution >= 0.6 is 11.8 Å². The highest BCUT2D eigenvalue weighted by Crippen LogP contribution is 2.21. The zero-order valence-electron chi connectivity index (χ0n) is 12.9. The monoisotopic (exact) mass is 313 g/mol. The van der Waals surface area contributed by atoms with E-state index >= 15 is 0 Å². The quantitative estimate of drug-likeness (QED) is 0.570. The van der Waals surface area contributed by atoms with E-state index in [1.54, 1.807) is 17.8 Å². The van der Waals surface area contributed by atoms with Crippen molar-refractivity contribution in [1.29, 1.82) is 0 Å². The predicted molar refractivity (Wildman–Crippen MR) is 95.2 cm³/mol. The zero-order valence-corrected chi connectivity index (χ0v) is 13.7. The van der Waals surface area contributed by atoms with E-state index < -0.39 is 6.10 Å². The Bertz CT molecular complexity index is 558. The molecule has 0 aromatic heterocycles. The van der Waals surface area contributed by atoms with E-state index in [0.29, 0.717) is 0 Å². The summed E-state index contributed by atoms with van der Waals surface area (Å²) >= 11 is 1.74. The molecule has 2 aromatic carbocycles. The van der Waals surface area contributed by atoms with Gasteiger partial charge in [-0.3, -0.25) is 0 Å². The molecular weight excluding hydrogens is 290 g/mol. The Labute approximate surface area is 137 Å². The van der Waals surface area contributed by atoms with E-state index in [9.17, 15) is 5.11 Å². The molecule has 0 fully saturated rings. The van der Waals surface area contributed by atoms with Crippen LogP contribution in [0.5, 0.6) is 0 Å². The van der Waals surface area contributed by atoms with Crippen molar-refractivity contribution in [3.8, 4) is 0 Å². The van der Waals surface area contributed by atoms with Gasteiger partial charge >= 0.3 is 0 Å². The number of nitrogens with one attached hydrogen (secondary N) is 1. The van der Waals surface area contributed by atoms with Crippen LogP contribution in [0.2, 0.25) is 0 Å². The molecule has 0 amide bonds. The summed E-state index contributed by atoms with van der Waals surface area (Å²) < 4.78 is 0. The van der Waals surface area contributed by atoms with Crippen molar-refractivity contribution in [1.82, 2.24) is 5.32 Å². The molecule has 0 spiro atoms. The predicted octanol–water partition coefficient (Wildman–Crippen LogP) is 4.05. The fourth-order valence-corrected chi connectivity index (χ4v) is 3.29. The van der Waals surface area contributed by atoms with Gasteiger partial charge in [-0.05, 0) is 24.6 Å². The molecule has 2 nitrogen and oxygen atoms in total. The van der Waals surface area contributed by atoms with Gasteiger partial charge in [0.2, 0.25) is 0 Å². The number of aliphatic hydroxyl groups excluding tert-OH is 1. The van der Waals surface area contributed by atoms with Crippen molar-refractivity contribution in [2.24, 2.45) is 0 Å². The van der Waals surface area contributed by atoms with Crippen molar-refractivity contribution in [3.63, 3.8) is 0 Å². The third kappa shape index (κ3) is 5.02. The third-order valence-electron chi connectivity index (χ3n) is 3.59. The SMILES string of the molecule is C=C[C@@H](O)[C@@H](CSc1ccccc1)N[C@@H](C)c1ccccc1. The average Bonchev–Trinajstić information content (AvgIpc) is 2.59. The van der Waals surface area contributed by atoms with Crippen molar-refractivity contribution in [2.45, 2.75) is 30.0 Å². The van der Waals surface area contributed by atoms with Gasteiger partial charge in [-0.15, -0.1) is 18.3 Å². The van der Waals surface area contributed by atoms with Crippen molar-refractivity contribution in [3.05, 3.63) is 78.9 Å². The molecule has 2 N–H and O–H groups in total. The normalized spacial score (nSPS) is 15.0. The van der Waals surface area contributed by atoms with Crippen LogP contribution in [0.25, 0.3) is 0 Å². The van der Waals surface area contributed by atoms with Gasteiger partial charge in [0.1, 0.15) is 0 Å². The van der Waals surface area contributed by atoms with Crippen LogP contribution in [0.15, 0.2) is 78.2 Å². The number of hydrogen-bond donors (Lipinski definition) is 2. The molecule has 2 aromatic rings. The van der Waals surface area contributed by atoms with Crippen LogP contribution in [0.4, 0.5) is 0 Å². The van der Waals surface area contributed by atoms with Gasteiger partial charge in [-0.1, -0.05) is 54.6 Å². The molecule has 3 heteroatoms. The molecular formula is C19H23NOS. The van der Waals surface area contributed by atoms with Crippen LogP contribution in [-0.4, -0.2) is 23.0 Å². The van der Waals surface area contributed by atoms with E-state index in [0.717, 1.165) is 5.75 Å². The Balaban J connectivity index is 1.98. The standard InChI is InChI=1S/C19H23NOS/c1-3-19(21)18(14-22-17-12-8-5-9-13-17)20-15(2)16-10-6-4-7-11-16/h3-13,15,18-21H,1,14H2,2H3/t15-,18+,19+/m0/s1. The van der Waals surface area contributed by atoms with E-state index in [1.807, 2.05) is 36.4 Å². The fourth-order valence-electron chi connectivity index (χ4n) is 2.27. The first-order valence-corrected chi connectivity index (χ1v) is 8.48. The lowest BCUT2D eigenvalue weighted by molar-refractivity contribution is 0.175. The van der Waals surface area contributed by atoms with Crippen molar-refractivity contribution in [2.75, 3.05) is 5.75 Å². The molecule has 3 atom stereocenters. The Kier molecular flexibility index (Phi) is 6.72. The smallest absolute Gasteiger partial charge is 0.0879 e. The molecule has 0 unspecified atom stereocenters. The fraction of sp³-hybridized carbons (Fsp3) is 0.263. The molecule has 2 rings (SSSR count). The largest absolute Gasteiger partial charge is 0.387 e. The lowest BCUT2D eigenvalue weighted by Crippen LogP contribution is -2.42. The summed E-state index contributed by atoms with van der Waals surface area (Å²) in [6.07, 6.45) is 1.03.